The van der Waals surface area contributed by atoms with Crippen molar-refractivity contribution < 1.29 is 50.1 Å². The molecule has 0 aliphatic carbocycles. The van der Waals surface area contributed by atoms with Crippen LogP contribution in [0, 0.1) is 0 Å². The first-order chi connectivity index (χ1) is 10.4. The minimum atomic E-state index is -5.45. The van der Waals surface area contributed by atoms with Gasteiger partial charge in [0.15, 0.2) is 11.4 Å². The maximum Gasteiger partial charge on any atom is 0.513 e. The Bertz CT molecular complexity index is 625. The molecule has 0 saturated heterocycles. The predicted octanol–water partition coefficient (Wildman–Crippen LogP) is 3.05. The monoisotopic (exact) mass is 347 g/mol. The zero-order chi connectivity index (χ0) is 18.0. The predicted molar refractivity (Wildman–Crippen MR) is 58.6 cm³/mol. The van der Waals surface area contributed by atoms with Crippen molar-refractivity contribution in [1.29, 1.82) is 0 Å². The summed E-state index contributed by atoms with van der Waals surface area (Å²) in [5, 5.41) is 0. The molecule has 0 atom stereocenters. The fourth-order valence-electron chi connectivity index (χ4n) is 1.38. The van der Waals surface area contributed by atoms with Gasteiger partial charge in [0.25, 0.3) is 0 Å². The molecule has 0 fully saturated rings. The van der Waals surface area contributed by atoms with Crippen molar-refractivity contribution in [2.75, 3.05) is 14.2 Å². The molecule has 0 N–H and O–H groups in total. The number of halogens is 6. The minimum absolute atomic E-state index is 0.0432. The zero-order valence-electron chi connectivity index (χ0n) is 11.3. The Morgan fingerprint density at radius 1 is 1.00 bits per heavy atom. The number of ether oxygens (including phenoxy) is 3. The number of carbonyl (C=O) groups excluding carboxylic acids is 2. The van der Waals surface area contributed by atoms with Gasteiger partial charge in [0.2, 0.25) is 0 Å². The van der Waals surface area contributed by atoms with Crippen LogP contribution in [0.5, 0.6) is 5.75 Å². The van der Waals surface area contributed by atoms with Gasteiger partial charge < -0.3 is 14.2 Å². The van der Waals surface area contributed by atoms with Gasteiger partial charge in [-0.3, -0.25) is 0 Å². The summed E-state index contributed by atoms with van der Waals surface area (Å²) < 4.78 is 88.9. The number of methoxy groups -OCH3 is 2. The highest BCUT2D eigenvalue weighted by Gasteiger charge is 2.44. The van der Waals surface area contributed by atoms with Gasteiger partial charge in [-0.15, -0.1) is 0 Å². The Balaban J connectivity index is 3.74. The van der Waals surface area contributed by atoms with Crippen molar-refractivity contribution in [2.24, 2.45) is 0 Å². The molecule has 0 aromatic carbocycles. The summed E-state index contributed by atoms with van der Waals surface area (Å²) in [6, 6.07) is -0.0432. The van der Waals surface area contributed by atoms with E-state index < -0.39 is 47.2 Å². The third-order valence-corrected chi connectivity index (χ3v) is 2.29. The van der Waals surface area contributed by atoms with Crippen LogP contribution in [-0.4, -0.2) is 31.3 Å². The van der Waals surface area contributed by atoms with Crippen molar-refractivity contribution in [3.05, 3.63) is 23.0 Å². The first-order valence-corrected chi connectivity index (χ1v) is 5.45. The van der Waals surface area contributed by atoms with Gasteiger partial charge in [-0.1, -0.05) is 0 Å². The Labute approximate surface area is 123 Å². The SMILES string of the molecule is COC(=O)Oc1cc(C(F)(F)F)nc(C(F)(F)F)c1C(=O)OC. The summed E-state index contributed by atoms with van der Waals surface area (Å²) in [5.41, 5.74) is -5.71. The lowest BCUT2D eigenvalue weighted by Gasteiger charge is -2.16. The molecule has 1 rings (SSSR count). The molecule has 128 valence electrons. The third kappa shape index (κ3) is 4.23. The molecule has 1 heterocycles. The lowest BCUT2D eigenvalue weighted by Crippen LogP contribution is -2.23. The number of hydrogen-bond acceptors (Lipinski definition) is 6. The average molecular weight is 347 g/mol. The van der Waals surface area contributed by atoms with Crippen LogP contribution in [0.2, 0.25) is 0 Å². The molecular weight excluding hydrogens is 340 g/mol. The van der Waals surface area contributed by atoms with E-state index >= 15 is 0 Å². The number of nitrogens with zero attached hydrogens (tertiary/aromatic N) is 1. The standard InChI is InChI=1S/C11H7F6NO5/c1-21-8(19)6-4(23-9(20)22-2)3-5(10(12,13)14)18-7(6)11(15,16)17/h3H,1-2H3. The van der Waals surface area contributed by atoms with E-state index in [9.17, 15) is 35.9 Å². The van der Waals surface area contributed by atoms with Gasteiger partial charge in [-0.25, -0.2) is 14.6 Å². The molecule has 0 bridgehead atoms. The van der Waals surface area contributed by atoms with Crippen LogP contribution < -0.4 is 4.74 Å². The van der Waals surface area contributed by atoms with E-state index in [1.54, 1.807) is 0 Å². The van der Waals surface area contributed by atoms with Crippen LogP contribution in [0.25, 0.3) is 0 Å². The number of pyridine rings is 1. The number of carbonyl (C=O) groups is 2. The second-order valence-corrected chi connectivity index (χ2v) is 3.77. The number of alkyl halides is 6. The molecule has 0 unspecified atom stereocenters. The van der Waals surface area contributed by atoms with Crippen LogP contribution in [0.15, 0.2) is 6.07 Å². The lowest BCUT2D eigenvalue weighted by molar-refractivity contribution is -0.150. The zero-order valence-corrected chi connectivity index (χ0v) is 11.3. The lowest BCUT2D eigenvalue weighted by atomic mass is 10.1. The van der Waals surface area contributed by atoms with E-state index in [4.69, 9.17) is 0 Å². The smallest absolute Gasteiger partial charge is 0.465 e. The number of rotatable bonds is 2. The molecule has 0 spiro atoms. The molecule has 0 radical (unpaired) electrons. The van der Waals surface area contributed by atoms with Crippen molar-refractivity contribution in [3.8, 4) is 5.75 Å². The molecule has 0 aliphatic rings. The molecule has 0 saturated carbocycles. The molecule has 1 aromatic rings. The van der Waals surface area contributed by atoms with E-state index in [2.05, 4.69) is 19.2 Å². The van der Waals surface area contributed by atoms with E-state index in [1.807, 2.05) is 0 Å². The molecule has 0 aliphatic heterocycles. The van der Waals surface area contributed by atoms with Gasteiger partial charge in [-0.05, 0) is 0 Å². The highest BCUT2D eigenvalue weighted by atomic mass is 19.4. The van der Waals surface area contributed by atoms with Crippen molar-refractivity contribution >= 4 is 12.1 Å². The second-order valence-electron chi connectivity index (χ2n) is 3.77. The summed E-state index contributed by atoms with van der Waals surface area (Å²) in [6.45, 7) is 0. The van der Waals surface area contributed by atoms with Gasteiger partial charge in [0.1, 0.15) is 11.3 Å². The average Bonchev–Trinajstić information content (AvgIpc) is 2.43. The maximum atomic E-state index is 12.9. The highest BCUT2D eigenvalue weighted by Crippen LogP contribution is 2.39. The molecule has 1 aromatic heterocycles. The largest absolute Gasteiger partial charge is 0.513 e. The fraction of sp³-hybridized carbons (Fsp3) is 0.364. The Hall–Kier alpha value is -2.53. The fourth-order valence-corrected chi connectivity index (χ4v) is 1.38. The van der Waals surface area contributed by atoms with E-state index in [-0.39, 0.29) is 6.07 Å². The topological polar surface area (TPSA) is 74.7 Å². The van der Waals surface area contributed by atoms with Crippen LogP contribution in [0.4, 0.5) is 31.1 Å². The maximum absolute atomic E-state index is 12.9. The number of aromatic nitrogens is 1. The van der Waals surface area contributed by atoms with Gasteiger partial charge in [0.05, 0.1) is 14.2 Å². The minimum Gasteiger partial charge on any atom is -0.465 e. The van der Waals surface area contributed by atoms with Gasteiger partial charge >= 0.3 is 24.5 Å². The summed E-state index contributed by atoms with van der Waals surface area (Å²) in [7, 11) is 1.44. The van der Waals surface area contributed by atoms with Gasteiger partial charge in [-0.2, -0.15) is 26.3 Å². The van der Waals surface area contributed by atoms with Crippen molar-refractivity contribution in [2.45, 2.75) is 12.4 Å². The van der Waals surface area contributed by atoms with E-state index in [0.717, 1.165) is 7.11 Å². The molecule has 23 heavy (non-hydrogen) atoms. The van der Waals surface area contributed by atoms with Gasteiger partial charge in [0, 0.05) is 6.07 Å². The number of esters is 1. The van der Waals surface area contributed by atoms with Crippen molar-refractivity contribution in [1.82, 2.24) is 4.98 Å². The molecular formula is C11H7F6NO5. The Morgan fingerprint density at radius 2 is 1.57 bits per heavy atom. The summed E-state index contributed by atoms with van der Waals surface area (Å²) >= 11 is 0. The van der Waals surface area contributed by atoms with Crippen LogP contribution in [0.1, 0.15) is 21.7 Å². The second kappa shape index (κ2) is 6.30. The first-order valence-electron chi connectivity index (χ1n) is 5.45. The Morgan fingerprint density at radius 3 is 1.96 bits per heavy atom. The van der Waals surface area contributed by atoms with E-state index in [1.165, 1.54) is 0 Å². The molecule has 0 amide bonds. The number of hydrogen-bond donors (Lipinski definition) is 0. The summed E-state index contributed by atoms with van der Waals surface area (Å²) in [4.78, 5) is 24.8. The first kappa shape index (κ1) is 18.5. The summed E-state index contributed by atoms with van der Waals surface area (Å²) in [5.74, 6) is -3.05. The normalized spacial score (nSPS) is 11.8. The summed E-state index contributed by atoms with van der Waals surface area (Å²) in [6.07, 6.45) is -12.4. The third-order valence-electron chi connectivity index (χ3n) is 2.29. The van der Waals surface area contributed by atoms with Crippen LogP contribution in [0.3, 0.4) is 0 Å². The quantitative estimate of drug-likeness (QED) is 0.605. The molecule has 12 heteroatoms. The van der Waals surface area contributed by atoms with E-state index in [0.29, 0.717) is 7.11 Å². The van der Waals surface area contributed by atoms with Crippen molar-refractivity contribution in [3.63, 3.8) is 0 Å². The van der Waals surface area contributed by atoms with Crippen LogP contribution in [-0.2, 0) is 21.8 Å². The van der Waals surface area contributed by atoms with Crippen LogP contribution >= 0.6 is 0 Å². The highest BCUT2D eigenvalue weighted by molar-refractivity contribution is 5.94. The Kier molecular flexibility index (Phi) is 5.07. The molecule has 6 nitrogen and oxygen atoms in total.